The number of rotatable bonds is 7. The van der Waals surface area contributed by atoms with E-state index in [1.54, 1.807) is 38.3 Å². The molecule has 7 heteroatoms. The van der Waals surface area contributed by atoms with Crippen LogP contribution in [0, 0.1) is 5.92 Å². The Morgan fingerprint density at radius 3 is 2.50 bits per heavy atom. The fourth-order valence-corrected chi connectivity index (χ4v) is 2.95. The Morgan fingerprint density at radius 2 is 1.92 bits per heavy atom. The van der Waals surface area contributed by atoms with E-state index < -0.39 is 17.7 Å². The predicted octanol–water partition coefficient (Wildman–Crippen LogP) is 1.16. The second-order valence-electron chi connectivity index (χ2n) is 6.46. The number of nitrogens with one attached hydrogen (secondary N) is 1. The third-order valence-corrected chi connectivity index (χ3v) is 4.59. The molecular formula is C17H22N2O5. The molecule has 2 unspecified atom stereocenters. The van der Waals surface area contributed by atoms with Crippen LogP contribution in [0.2, 0.25) is 0 Å². The van der Waals surface area contributed by atoms with Crippen molar-refractivity contribution in [3.05, 3.63) is 24.3 Å². The van der Waals surface area contributed by atoms with E-state index in [0.29, 0.717) is 11.5 Å². The molecule has 3 amide bonds. The number of aliphatic hydroxyl groups excluding tert-OH is 1. The smallest absolute Gasteiger partial charge is 0.325 e. The van der Waals surface area contributed by atoms with Crippen molar-refractivity contribution in [3.8, 4) is 11.5 Å². The number of benzene rings is 1. The Labute approximate surface area is 140 Å². The van der Waals surface area contributed by atoms with Gasteiger partial charge < -0.3 is 19.9 Å². The van der Waals surface area contributed by atoms with Gasteiger partial charge in [-0.3, -0.25) is 9.69 Å². The Morgan fingerprint density at radius 1 is 1.29 bits per heavy atom. The van der Waals surface area contributed by atoms with Crippen LogP contribution in [-0.4, -0.2) is 53.8 Å². The summed E-state index contributed by atoms with van der Waals surface area (Å²) in [4.78, 5) is 25.6. The average Bonchev–Trinajstić information content (AvgIpc) is 3.40. The first-order chi connectivity index (χ1) is 11.4. The number of hydrogen-bond acceptors (Lipinski definition) is 5. The predicted molar refractivity (Wildman–Crippen MR) is 85.9 cm³/mol. The minimum absolute atomic E-state index is 0.0104. The molecule has 2 atom stereocenters. The van der Waals surface area contributed by atoms with Gasteiger partial charge in [-0.25, -0.2) is 4.79 Å². The first-order valence-electron chi connectivity index (χ1n) is 8.03. The van der Waals surface area contributed by atoms with Crippen LogP contribution in [0.5, 0.6) is 11.5 Å². The molecule has 0 bridgehead atoms. The van der Waals surface area contributed by atoms with Crippen LogP contribution in [0.25, 0.3) is 0 Å². The SMILES string of the molecule is COc1ccc(OCC(O)CN2C(=O)NC(C)(C3CC3)C2=O)cc1. The zero-order chi connectivity index (χ0) is 17.3. The topological polar surface area (TPSA) is 88.1 Å². The van der Waals surface area contributed by atoms with Crippen LogP contribution < -0.4 is 14.8 Å². The number of ether oxygens (including phenoxy) is 2. The lowest BCUT2D eigenvalue weighted by Gasteiger charge is -2.22. The Balaban J connectivity index is 1.53. The van der Waals surface area contributed by atoms with Crippen LogP contribution >= 0.6 is 0 Å². The maximum Gasteiger partial charge on any atom is 0.325 e. The largest absolute Gasteiger partial charge is 0.497 e. The Hall–Kier alpha value is -2.28. The zero-order valence-electron chi connectivity index (χ0n) is 13.8. The molecule has 2 aliphatic rings. The number of carbonyl (C=O) groups excluding carboxylic acids is 2. The van der Waals surface area contributed by atoms with E-state index in [1.165, 1.54) is 0 Å². The molecular weight excluding hydrogens is 312 g/mol. The molecule has 1 aliphatic heterocycles. The fourth-order valence-electron chi connectivity index (χ4n) is 2.95. The minimum atomic E-state index is -0.955. The van der Waals surface area contributed by atoms with Crippen LogP contribution in [-0.2, 0) is 4.79 Å². The number of methoxy groups -OCH3 is 1. The summed E-state index contributed by atoms with van der Waals surface area (Å²) >= 11 is 0. The number of β-amino-alcohol motifs (C(OH)–C–C–N with tert-alkyl or cyclic N) is 1. The van der Waals surface area contributed by atoms with E-state index in [-0.39, 0.29) is 25.0 Å². The number of urea groups is 1. The van der Waals surface area contributed by atoms with Crippen molar-refractivity contribution in [1.82, 2.24) is 10.2 Å². The summed E-state index contributed by atoms with van der Waals surface area (Å²) in [7, 11) is 1.58. The standard InChI is InChI=1S/C17H22N2O5/c1-17(11-3-4-11)15(21)19(16(22)18-17)9-12(20)10-24-14-7-5-13(23-2)6-8-14/h5-8,11-12,20H,3-4,9-10H2,1-2H3,(H,18,22). The average molecular weight is 334 g/mol. The molecule has 7 nitrogen and oxygen atoms in total. The van der Waals surface area contributed by atoms with E-state index in [2.05, 4.69) is 5.32 Å². The van der Waals surface area contributed by atoms with Crippen molar-refractivity contribution in [2.75, 3.05) is 20.3 Å². The summed E-state index contributed by atoms with van der Waals surface area (Å²) in [5, 5.41) is 12.9. The number of aliphatic hydroxyl groups is 1. The fraction of sp³-hybridized carbons (Fsp3) is 0.529. The lowest BCUT2D eigenvalue weighted by molar-refractivity contribution is -0.132. The molecule has 1 aromatic carbocycles. The van der Waals surface area contributed by atoms with Gasteiger partial charge in [0.2, 0.25) is 0 Å². The van der Waals surface area contributed by atoms with Gasteiger partial charge in [-0.15, -0.1) is 0 Å². The summed E-state index contributed by atoms with van der Waals surface area (Å²) in [5.41, 5.74) is -0.826. The van der Waals surface area contributed by atoms with Gasteiger partial charge in [-0.1, -0.05) is 0 Å². The molecule has 0 radical (unpaired) electrons. The van der Waals surface area contributed by atoms with Gasteiger partial charge in [-0.05, 0) is 49.9 Å². The van der Waals surface area contributed by atoms with Gasteiger partial charge in [0.15, 0.2) is 0 Å². The van der Waals surface area contributed by atoms with Gasteiger partial charge in [-0.2, -0.15) is 0 Å². The molecule has 1 heterocycles. The molecule has 1 aromatic rings. The highest BCUT2D eigenvalue weighted by Gasteiger charge is 2.56. The number of imide groups is 1. The van der Waals surface area contributed by atoms with Crippen molar-refractivity contribution in [2.24, 2.45) is 5.92 Å². The lowest BCUT2D eigenvalue weighted by Crippen LogP contribution is -2.46. The molecule has 0 aromatic heterocycles. The summed E-state index contributed by atoms with van der Waals surface area (Å²) in [6.07, 6.45) is 0.933. The Kier molecular flexibility index (Phi) is 4.36. The lowest BCUT2D eigenvalue weighted by atomic mass is 9.96. The normalized spacial score (nSPS) is 24.7. The van der Waals surface area contributed by atoms with Gasteiger partial charge in [0.05, 0.1) is 13.7 Å². The number of hydrogen-bond donors (Lipinski definition) is 2. The van der Waals surface area contributed by atoms with E-state index >= 15 is 0 Å². The quantitative estimate of drug-likeness (QED) is 0.731. The summed E-state index contributed by atoms with van der Waals surface area (Å²) in [6.45, 7) is 1.66. The molecule has 2 fully saturated rings. The van der Waals surface area contributed by atoms with E-state index in [9.17, 15) is 14.7 Å². The van der Waals surface area contributed by atoms with Gasteiger partial charge in [0.25, 0.3) is 5.91 Å². The third kappa shape index (κ3) is 3.17. The van der Waals surface area contributed by atoms with Crippen molar-refractivity contribution in [2.45, 2.75) is 31.4 Å². The summed E-state index contributed by atoms with van der Waals surface area (Å²) in [6, 6.07) is 6.51. The summed E-state index contributed by atoms with van der Waals surface area (Å²) in [5.74, 6) is 1.22. The molecule has 3 rings (SSSR count). The first kappa shape index (κ1) is 16.6. The van der Waals surface area contributed by atoms with Crippen LogP contribution in [0.1, 0.15) is 19.8 Å². The van der Waals surface area contributed by atoms with E-state index in [4.69, 9.17) is 9.47 Å². The molecule has 24 heavy (non-hydrogen) atoms. The van der Waals surface area contributed by atoms with Crippen LogP contribution in [0.15, 0.2) is 24.3 Å². The maximum absolute atomic E-state index is 12.5. The highest BCUT2D eigenvalue weighted by Crippen LogP contribution is 2.42. The first-order valence-corrected chi connectivity index (χ1v) is 8.03. The monoisotopic (exact) mass is 334 g/mol. The van der Waals surface area contributed by atoms with Gasteiger partial charge in [0, 0.05) is 0 Å². The minimum Gasteiger partial charge on any atom is -0.497 e. The van der Waals surface area contributed by atoms with E-state index in [1.807, 2.05) is 0 Å². The molecule has 1 saturated carbocycles. The highest BCUT2D eigenvalue weighted by molar-refractivity contribution is 6.07. The number of carbonyl (C=O) groups is 2. The second kappa shape index (κ2) is 6.32. The van der Waals surface area contributed by atoms with Gasteiger partial charge in [0.1, 0.15) is 29.7 Å². The van der Waals surface area contributed by atoms with Gasteiger partial charge >= 0.3 is 6.03 Å². The van der Waals surface area contributed by atoms with Crippen molar-refractivity contribution < 1.29 is 24.2 Å². The summed E-state index contributed by atoms with van der Waals surface area (Å²) < 4.78 is 10.5. The maximum atomic E-state index is 12.5. The van der Waals surface area contributed by atoms with E-state index in [0.717, 1.165) is 17.7 Å². The molecule has 130 valence electrons. The molecule has 1 saturated heterocycles. The third-order valence-electron chi connectivity index (χ3n) is 4.59. The highest BCUT2D eigenvalue weighted by atomic mass is 16.5. The molecule has 2 N–H and O–H groups in total. The zero-order valence-corrected chi connectivity index (χ0v) is 13.8. The van der Waals surface area contributed by atoms with Crippen LogP contribution in [0.3, 0.4) is 0 Å². The van der Waals surface area contributed by atoms with Crippen LogP contribution in [0.4, 0.5) is 4.79 Å². The second-order valence-corrected chi connectivity index (χ2v) is 6.46. The number of amides is 3. The van der Waals surface area contributed by atoms with Crippen molar-refractivity contribution >= 4 is 11.9 Å². The number of nitrogens with zero attached hydrogens (tertiary/aromatic N) is 1. The molecule has 0 spiro atoms. The van der Waals surface area contributed by atoms with Crippen molar-refractivity contribution in [1.29, 1.82) is 0 Å². The Bertz CT molecular complexity index is 628. The molecule has 1 aliphatic carbocycles. The van der Waals surface area contributed by atoms with Crippen molar-refractivity contribution in [3.63, 3.8) is 0 Å².